The van der Waals surface area contributed by atoms with Crippen molar-refractivity contribution in [1.82, 2.24) is 24.9 Å². The Bertz CT molecular complexity index is 1350. The average Bonchev–Trinajstić information content (AvgIpc) is 3.21. The Kier molecular flexibility index (Phi) is 4.50. The summed E-state index contributed by atoms with van der Waals surface area (Å²) in [6.07, 6.45) is 3.09. The molecule has 0 saturated heterocycles. The standard InChI is InChI=1S/C21H14Cl2N6/c22-14-5-6-17-12(8-14)7-13(18(29-17)15-3-1-2-4-16(15)23)9-24-20-19-21(26-10-25-19)28-11-27-20/h1-8,10-11H,9H2,(H2,24,25,26,27,28). The van der Waals surface area contributed by atoms with Crippen molar-refractivity contribution >= 4 is 51.1 Å². The Morgan fingerprint density at radius 1 is 0.966 bits per heavy atom. The van der Waals surface area contributed by atoms with Gasteiger partial charge in [-0.2, -0.15) is 0 Å². The number of anilines is 1. The number of nitrogens with zero attached hydrogens (tertiary/aromatic N) is 4. The molecule has 0 spiro atoms. The fourth-order valence-electron chi connectivity index (χ4n) is 3.29. The molecule has 142 valence electrons. The maximum Gasteiger partial charge on any atom is 0.162 e. The number of rotatable bonds is 4. The van der Waals surface area contributed by atoms with E-state index < -0.39 is 0 Å². The smallest absolute Gasteiger partial charge is 0.162 e. The summed E-state index contributed by atoms with van der Waals surface area (Å²) >= 11 is 12.7. The number of hydrogen-bond acceptors (Lipinski definition) is 5. The summed E-state index contributed by atoms with van der Waals surface area (Å²) in [7, 11) is 0. The molecule has 0 bridgehead atoms. The summed E-state index contributed by atoms with van der Waals surface area (Å²) in [6.45, 7) is 0.481. The van der Waals surface area contributed by atoms with Crippen LogP contribution in [-0.4, -0.2) is 24.9 Å². The molecule has 5 rings (SSSR count). The van der Waals surface area contributed by atoms with Crippen molar-refractivity contribution in [1.29, 1.82) is 0 Å². The van der Waals surface area contributed by atoms with Crippen LogP contribution in [0.1, 0.15) is 5.56 Å². The first-order valence-corrected chi connectivity index (χ1v) is 9.67. The van der Waals surface area contributed by atoms with Gasteiger partial charge in [0.15, 0.2) is 11.5 Å². The number of fused-ring (bicyclic) bond motifs is 2. The van der Waals surface area contributed by atoms with E-state index in [1.807, 2.05) is 42.5 Å². The molecule has 0 unspecified atom stereocenters. The number of halogens is 2. The van der Waals surface area contributed by atoms with Crippen molar-refractivity contribution in [3.63, 3.8) is 0 Å². The van der Waals surface area contributed by atoms with Crippen LogP contribution in [0.2, 0.25) is 10.0 Å². The normalized spacial score (nSPS) is 11.2. The lowest BCUT2D eigenvalue weighted by Gasteiger charge is -2.14. The Balaban J connectivity index is 1.61. The molecule has 0 atom stereocenters. The van der Waals surface area contributed by atoms with E-state index in [2.05, 4.69) is 31.3 Å². The molecule has 3 heterocycles. The first-order valence-electron chi connectivity index (χ1n) is 8.91. The highest BCUT2D eigenvalue weighted by Gasteiger charge is 2.14. The van der Waals surface area contributed by atoms with E-state index in [1.54, 1.807) is 6.33 Å². The highest BCUT2D eigenvalue weighted by molar-refractivity contribution is 6.33. The first-order chi connectivity index (χ1) is 14.2. The second-order valence-electron chi connectivity index (χ2n) is 6.49. The second kappa shape index (κ2) is 7.31. The van der Waals surface area contributed by atoms with Gasteiger partial charge in [-0.05, 0) is 35.9 Å². The number of aromatic amines is 1. The lowest BCUT2D eigenvalue weighted by molar-refractivity contribution is 1.09. The number of hydrogen-bond donors (Lipinski definition) is 2. The third-order valence-corrected chi connectivity index (χ3v) is 5.21. The van der Waals surface area contributed by atoms with Crippen molar-refractivity contribution in [2.45, 2.75) is 6.54 Å². The van der Waals surface area contributed by atoms with E-state index in [0.717, 1.165) is 27.7 Å². The van der Waals surface area contributed by atoms with Crippen LogP contribution in [0.4, 0.5) is 5.82 Å². The van der Waals surface area contributed by atoms with Gasteiger partial charge < -0.3 is 10.3 Å². The summed E-state index contributed by atoms with van der Waals surface area (Å²) in [5, 5.41) is 5.61. The molecule has 2 aromatic carbocycles. The van der Waals surface area contributed by atoms with E-state index in [0.29, 0.717) is 33.6 Å². The van der Waals surface area contributed by atoms with Crippen LogP contribution in [0.3, 0.4) is 0 Å². The van der Waals surface area contributed by atoms with Gasteiger partial charge in [-0.15, -0.1) is 0 Å². The molecule has 0 aliphatic heterocycles. The maximum atomic E-state index is 6.47. The Labute approximate surface area is 176 Å². The molecule has 2 N–H and O–H groups in total. The Morgan fingerprint density at radius 2 is 1.86 bits per heavy atom. The topological polar surface area (TPSA) is 79.4 Å². The molecule has 0 aliphatic rings. The van der Waals surface area contributed by atoms with E-state index in [4.69, 9.17) is 28.2 Å². The number of aromatic nitrogens is 5. The minimum atomic E-state index is 0.481. The van der Waals surface area contributed by atoms with Gasteiger partial charge in [0.05, 0.1) is 17.5 Å². The Hall–Kier alpha value is -3.22. The van der Waals surface area contributed by atoms with Gasteiger partial charge in [0.25, 0.3) is 0 Å². The molecule has 8 heteroatoms. The summed E-state index contributed by atoms with van der Waals surface area (Å²) in [6, 6.07) is 15.4. The molecule has 3 aromatic heterocycles. The zero-order valence-electron chi connectivity index (χ0n) is 15.0. The van der Waals surface area contributed by atoms with E-state index in [-0.39, 0.29) is 0 Å². The molecule has 0 amide bonds. The first kappa shape index (κ1) is 17.8. The van der Waals surface area contributed by atoms with Crippen molar-refractivity contribution in [2.75, 3.05) is 5.32 Å². The summed E-state index contributed by atoms with van der Waals surface area (Å²) in [5.41, 5.74) is 4.86. The molecule has 29 heavy (non-hydrogen) atoms. The molecule has 6 nitrogen and oxygen atoms in total. The van der Waals surface area contributed by atoms with Gasteiger partial charge in [-0.3, -0.25) is 0 Å². The monoisotopic (exact) mass is 420 g/mol. The number of nitrogens with one attached hydrogen (secondary N) is 2. The van der Waals surface area contributed by atoms with Gasteiger partial charge in [-0.1, -0.05) is 41.4 Å². The number of benzene rings is 2. The highest BCUT2D eigenvalue weighted by atomic mass is 35.5. The lowest BCUT2D eigenvalue weighted by atomic mass is 10.0. The lowest BCUT2D eigenvalue weighted by Crippen LogP contribution is -2.05. The summed E-state index contributed by atoms with van der Waals surface area (Å²) in [5.74, 6) is 0.646. The molecular weight excluding hydrogens is 407 g/mol. The third-order valence-electron chi connectivity index (χ3n) is 4.65. The van der Waals surface area contributed by atoms with Crippen molar-refractivity contribution in [3.8, 4) is 11.3 Å². The van der Waals surface area contributed by atoms with E-state index in [9.17, 15) is 0 Å². The summed E-state index contributed by atoms with van der Waals surface area (Å²) < 4.78 is 0. The van der Waals surface area contributed by atoms with Gasteiger partial charge in [0.1, 0.15) is 11.8 Å². The van der Waals surface area contributed by atoms with Gasteiger partial charge in [0.2, 0.25) is 0 Å². The van der Waals surface area contributed by atoms with E-state index >= 15 is 0 Å². The van der Waals surface area contributed by atoms with Crippen LogP contribution in [0.15, 0.2) is 61.2 Å². The number of H-pyrrole nitrogens is 1. The second-order valence-corrected chi connectivity index (χ2v) is 7.33. The van der Waals surface area contributed by atoms with Crippen molar-refractivity contribution in [2.24, 2.45) is 0 Å². The predicted molar refractivity (Wildman–Crippen MR) is 116 cm³/mol. The van der Waals surface area contributed by atoms with Crippen molar-refractivity contribution in [3.05, 3.63) is 76.8 Å². The fraction of sp³-hybridized carbons (Fsp3) is 0.0476. The van der Waals surface area contributed by atoms with Crippen LogP contribution in [0, 0.1) is 0 Å². The van der Waals surface area contributed by atoms with Crippen molar-refractivity contribution < 1.29 is 0 Å². The SMILES string of the molecule is Clc1ccc2nc(-c3ccccc3Cl)c(CNc3ncnc4[nH]cnc34)cc2c1. The zero-order chi connectivity index (χ0) is 19.8. The fourth-order valence-corrected chi connectivity index (χ4v) is 3.69. The minimum Gasteiger partial charge on any atom is -0.364 e. The molecule has 0 fully saturated rings. The van der Waals surface area contributed by atoms with Gasteiger partial charge in [-0.25, -0.2) is 19.9 Å². The summed E-state index contributed by atoms with van der Waals surface area (Å²) in [4.78, 5) is 20.6. The molecule has 0 aliphatic carbocycles. The van der Waals surface area contributed by atoms with Crippen LogP contribution >= 0.6 is 23.2 Å². The largest absolute Gasteiger partial charge is 0.364 e. The van der Waals surface area contributed by atoms with E-state index in [1.165, 1.54) is 6.33 Å². The third kappa shape index (κ3) is 3.37. The quantitative estimate of drug-likeness (QED) is 0.401. The molecule has 0 saturated carbocycles. The van der Waals surface area contributed by atoms with Crippen LogP contribution in [0.25, 0.3) is 33.3 Å². The average molecular weight is 421 g/mol. The van der Waals surface area contributed by atoms with Gasteiger partial charge in [0, 0.05) is 27.5 Å². The minimum absolute atomic E-state index is 0.481. The zero-order valence-corrected chi connectivity index (χ0v) is 16.5. The Morgan fingerprint density at radius 3 is 2.76 bits per heavy atom. The molecule has 0 radical (unpaired) electrons. The highest BCUT2D eigenvalue weighted by Crippen LogP contribution is 2.32. The maximum absolute atomic E-state index is 6.47. The number of imidazole rings is 1. The van der Waals surface area contributed by atoms with Gasteiger partial charge >= 0.3 is 0 Å². The van der Waals surface area contributed by atoms with Crippen LogP contribution in [-0.2, 0) is 6.54 Å². The van der Waals surface area contributed by atoms with Crippen LogP contribution in [0.5, 0.6) is 0 Å². The number of pyridine rings is 1. The molecule has 5 aromatic rings. The van der Waals surface area contributed by atoms with Crippen LogP contribution < -0.4 is 5.32 Å². The predicted octanol–water partition coefficient (Wildman–Crippen LogP) is 5.49. The molecular formula is C21H14Cl2N6.